The average Bonchev–Trinajstić information content (AvgIpc) is 2.82. The molecule has 0 aliphatic carbocycles. The van der Waals surface area contributed by atoms with Crippen molar-refractivity contribution in [3.05, 3.63) is 88.6 Å². The first kappa shape index (κ1) is 21.6. The van der Waals surface area contributed by atoms with E-state index in [9.17, 15) is 9.59 Å². The van der Waals surface area contributed by atoms with Gasteiger partial charge in [0.1, 0.15) is 12.3 Å². The normalized spacial score (nSPS) is 12.2. The Balaban J connectivity index is 1.61. The van der Waals surface area contributed by atoms with Crippen LogP contribution in [-0.4, -0.2) is 43.1 Å². The number of methoxy groups -OCH3 is 1. The number of nitrogens with zero attached hydrogens (tertiary/aromatic N) is 2. The van der Waals surface area contributed by atoms with Crippen LogP contribution in [0.25, 0.3) is 21.8 Å². The molecule has 0 saturated carbocycles. The predicted molar refractivity (Wildman–Crippen MR) is 128 cm³/mol. The molecule has 164 valence electrons. The van der Waals surface area contributed by atoms with Crippen molar-refractivity contribution < 1.29 is 9.53 Å². The number of carbonyl (C=O) groups is 1. The summed E-state index contributed by atoms with van der Waals surface area (Å²) in [4.78, 5) is 28.0. The zero-order chi connectivity index (χ0) is 22.7. The standard InChI is InChI=1S/C26H27N3O3/c1-28(2)24(18-9-8-10-19(15-18)32-3)16-27-25(30)17-29-22-13-6-4-11-20(22)26(31)21-12-5-7-14-23(21)29/h4-15,24H,16-17H2,1-3H3,(H,27,30)/t24-/m1/s1. The average molecular weight is 430 g/mol. The molecule has 0 aliphatic rings. The molecule has 0 fully saturated rings. The lowest BCUT2D eigenvalue weighted by Crippen LogP contribution is -2.36. The maximum atomic E-state index is 13.0. The summed E-state index contributed by atoms with van der Waals surface area (Å²) in [5, 5.41) is 4.30. The third-order valence-electron chi connectivity index (χ3n) is 5.78. The lowest BCUT2D eigenvalue weighted by Gasteiger charge is -2.25. The fraction of sp³-hybridized carbons (Fsp3) is 0.231. The van der Waals surface area contributed by atoms with Crippen molar-refractivity contribution >= 4 is 27.7 Å². The fourth-order valence-electron chi connectivity index (χ4n) is 4.10. The van der Waals surface area contributed by atoms with Gasteiger partial charge >= 0.3 is 0 Å². The number of ether oxygens (including phenoxy) is 1. The van der Waals surface area contributed by atoms with Crippen molar-refractivity contribution in [1.82, 2.24) is 14.8 Å². The Bertz CT molecular complexity index is 1270. The molecule has 0 bridgehead atoms. The van der Waals surface area contributed by atoms with E-state index in [1.807, 2.05) is 91.5 Å². The Labute approximate surface area is 187 Å². The van der Waals surface area contributed by atoms with Crippen molar-refractivity contribution in [2.75, 3.05) is 27.7 Å². The number of para-hydroxylation sites is 2. The lowest BCUT2D eigenvalue weighted by atomic mass is 10.1. The van der Waals surface area contributed by atoms with Crippen LogP contribution in [0.3, 0.4) is 0 Å². The van der Waals surface area contributed by atoms with Gasteiger partial charge in [-0.2, -0.15) is 0 Å². The van der Waals surface area contributed by atoms with Gasteiger partial charge in [0.2, 0.25) is 5.91 Å². The van der Waals surface area contributed by atoms with Crippen LogP contribution in [0.2, 0.25) is 0 Å². The van der Waals surface area contributed by atoms with Crippen molar-refractivity contribution in [3.8, 4) is 5.75 Å². The summed E-state index contributed by atoms with van der Waals surface area (Å²) >= 11 is 0. The highest BCUT2D eigenvalue weighted by molar-refractivity contribution is 5.94. The van der Waals surface area contributed by atoms with E-state index in [-0.39, 0.29) is 23.9 Å². The molecule has 6 nitrogen and oxygen atoms in total. The molecule has 1 atom stereocenters. The molecule has 0 unspecified atom stereocenters. The first-order chi connectivity index (χ1) is 15.5. The van der Waals surface area contributed by atoms with Crippen LogP contribution in [0.1, 0.15) is 11.6 Å². The minimum absolute atomic E-state index is 0.00319. The fourth-order valence-corrected chi connectivity index (χ4v) is 4.10. The SMILES string of the molecule is COc1cccc([C@@H](CNC(=O)Cn2c3ccccc3c(=O)c3ccccc32)N(C)C)c1. The molecule has 1 N–H and O–H groups in total. The summed E-state index contributed by atoms with van der Waals surface area (Å²) in [6.45, 7) is 0.578. The second-order valence-electron chi connectivity index (χ2n) is 8.01. The molecule has 1 amide bonds. The number of amides is 1. The van der Waals surface area contributed by atoms with Crippen LogP contribution in [0.15, 0.2) is 77.6 Å². The molecule has 4 aromatic rings. The number of likely N-dealkylation sites (N-methyl/N-ethyl adjacent to an activating group) is 1. The quantitative estimate of drug-likeness (QED) is 0.456. The molecule has 0 radical (unpaired) electrons. The summed E-state index contributed by atoms with van der Waals surface area (Å²) in [6, 6.07) is 22.7. The molecule has 6 heteroatoms. The number of pyridine rings is 1. The molecule has 4 rings (SSSR count). The van der Waals surface area contributed by atoms with Gasteiger partial charge in [-0.3, -0.25) is 9.59 Å². The lowest BCUT2D eigenvalue weighted by molar-refractivity contribution is -0.121. The van der Waals surface area contributed by atoms with Crippen molar-refractivity contribution in [2.45, 2.75) is 12.6 Å². The van der Waals surface area contributed by atoms with Gasteiger partial charge in [-0.05, 0) is 56.1 Å². The number of hydrogen-bond donors (Lipinski definition) is 1. The highest BCUT2D eigenvalue weighted by atomic mass is 16.5. The number of fused-ring (bicyclic) bond motifs is 2. The van der Waals surface area contributed by atoms with Gasteiger partial charge in [-0.1, -0.05) is 36.4 Å². The summed E-state index contributed by atoms with van der Waals surface area (Å²) in [5.74, 6) is 0.672. The van der Waals surface area contributed by atoms with E-state index in [0.29, 0.717) is 17.3 Å². The summed E-state index contributed by atoms with van der Waals surface area (Å²) < 4.78 is 7.26. The van der Waals surface area contributed by atoms with Crippen molar-refractivity contribution in [2.24, 2.45) is 0 Å². The third kappa shape index (κ3) is 4.22. The molecule has 0 spiro atoms. The van der Waals surface area contributed by atoms with Crippen LogP contribution < -0.4 is 15.5 Å². The van der Waals surface area contributed by atoms with E-state index >= 15 is 0 Å². The Morgan fingerprint density at radius 1 is 0.969 bits per heavy atom. The van der Waals surface area contributed by atoms with E-state index in [0.717, 1.165) is 22.3 Å². The Hall–Kier alpha value is -3.64. The number of nitrogens with one attached hydrogen (secondary N) is 1. The molecule has 1 heterocycles. The summed E-state index contributed by atoms with van der Waals surface area (Å²) in [7, 11) is 5.61. The van der Waals surface area contributed by atoms with Crippen LogP contribution in [0, 0.1) is 0 Å². The second-order valence-corrected chi connectivity index (χ2v) is 8.01. The van der Waals surface area contributed by atoms with E-state index in [1.54, 1.807) is 7.11 Å². The smallest absolute Gasteiger partial charge is 0.240 e. The van der Waals surface area contributed by atoms with Crippen LogP contribution in [0.4, 0.5) is 0 Å². The second kappa shape index (κ2) is 9.24. The Morgan fingerprint density at radius 3 is 2.19 bits per heavy atom. The number of carbonyl (C=O) groups excluding carboxylic acids is 1. The molecule has 3 aromatic carbocycles. The Morgan fingerprint density at radius 2 is 1.59 bits per heavy atom. The monoisotopic (exact) mass is 429 g/mol. The third-order valence-corrected chi connectivity index (χ3v) is 5.78. The molecule has 1 aromatic heterocycles. The molecule has 0 aliphatic heterocycles. The van der Waals surface area contributed by atoms with Gasteiger partial charge in [0.15, 0.2) is 5.43 Å². The van der Waals surface area contributed by atoms with E-state index in [1.165, 1.54) is 0 Å². The van der Waals surface area contributed by atoms with Gasteiger partial charge in [-0.15, -0.1) is 0 Å². The summed E-state index contributed by atoms with van der Waals surface area (Å²) in [6.07, 6.45) is 0. The Kier molecular flexibility index (Phi) is 6.23. The molecular weight excluding hydrogens is 402 g/mol. The van der Waals surface area contributed by atoms with Crippen LogP contribution >= 0.6 is 0 Å². The number of benzene rings is 3. The highest BCUT2D eigenvalue weighted by Gasteiger charge is 2.17. The number of rotatable bonds is 7. The minimum Gasteiger partial charge on any atom is -0.497 e. The van der Waals surface area contributed by atoms with Crippen LogP contribution in [-0.2, 0) is 11.3 Å². The minimum atomic E-state index is -0.112. The number of hydrogen-bond acceptors (Lipinski definition) is 4. The van der Waals surface area contributed by atoms with Gasteiger partial charge in [0, 0.05) is 17.3 Å². The van der Waals surface area contributed by atoms with E-state index < -0.39 is 0 Å². The summed E-state index contributed by atoms with van der Waals surface area (Å²) in [5.41, 5.74) is 2.55. The first-order valence-electron chi connectivity index (χ1n) is 10.6. The van der Waals surface area contributed by atoms with Crippen LogP contribution in [0.5, 0.6) is 5.75 Å². The van der Waals surface area contributed by atoms with E-state index in [4.69, 9.17) is 4.74 Å². The van der Waals surface area contributed by atoms with Gasteiger partial charge in [0.25, 0.3) is 0 Å². The highest BCUT2D eigenvalue weighted by Crippen LogP contribution is 2.22. The van der Waals surface area contributed by atoms with Gasteiger partial charge in [0.05, 0.1) is 24.2 Å². The first-order valence-corrected chi connectivity index (χ1v) is 10.6. The topological polar surface area (TPSA) is 63.6 Å². The van der Waals surface area contributed by atoms with Crippen molar-refractivity contribution in [1.29, 1.82) is 0 Å². The molecule has 32 heavy (non-hydrogen) atoms. The zero-order valence-corrected chi connectivity index (χ0v) is 18.5. The maximum Gasteiger partial charge on any atom is 0.240 e. The van der Waals surface area contributed by atoms with Gasteiger partial charge in [-0.25, -0.2) is 0 Å². The van der Waals surface area contributed by atoms with E-state index in [2.05, 4.69) is 10.2 Å². The largest absolute Gasteiger partial charge is 0.497 e. The van der Waals surface area contributed by atoms with Crippen molar-refractivity contribution in [3.63, 3.8) is 0 Å². The molecular formula is C26H27N3O3. The number of aromatic nitrogens is 1. The predicted octanol–water partition coefficient (Wildman–Crippen LogP) is 3.58. The maximum absolute atomic E-state index is 13.0. The van der Waals surface area contributed by atoms with Gasteiger partial charge < -0.3 is 19.5 Å². The zero-order valence-electron chi connectivity index (χ0n) is 18.5. The molecule has 0 saturated heterocycles.